The minimum atomic E-state index is -0.854. The summed E-state index contributed by atoms with van der Waals surface area (Å²) >= 11 is 0. The second kappa shape index (κ2) is 5.68. The van der Waals surface area contributed by atoms with Crippen LogP contribution in [0.1, 0.15) is 50.5 Å². The van der Waals surface area contributed by atoms with E-state index in [0.29, 0.717) is 5.92 Å². The van der Waals surface area contributed by atoms with Crippen molar-refractivity contribution in [2.24, 2.45) is 5.92 Å². The number of benzene rings is 1. The molecule has 1 aromatic carbocycles. The first-order valence-electron chi connectivity index (χ1n) is 6.69. The van der Waals surface area contributed by atoms with Gasteiger partial charge in [0.2, 0.25) is 5.82 Å². The third-order valence-corrected chi connectivity index (χ3v) is 4.15. The quantitative estimate of drug-likeness (QED) is 0.762. The van der Waals surface area contributed by atoms with Crippen LogP contribution in [0.3, 0.4) is 0 Å². The molecule has 0 aliphatic heterocycles. The fourth-order valence-electron chi connectivity index (χ4n) is 2.96. The Balaban J connectivity index is 2.21. The van der Waals surface area contributed by atoms with Gasteiger partial charge in [0.15, 0.2) is 11.6 Å². The van der Waals surface area contributed by atoms with Crippen molar-refractivity contribution in [3.05, 3.63) is 29.3 Å². The number of rotatable bonds is 3. The molecule has 100 valence electrons. The van der Waals surface area contributed by atoms with E-state index in [2.05, 4.69) is 6.92 Å². The Morgan fingerprint density at radius 1 is 1.17 bits per heavy atom. The number of ether oxygens (including phenoxy) is 1. The van der Waals surface area contributed by atoms with Crippen molar-refractivity contribution in [2.75, 3.05) is 7.11 Å². The van der Waals surface area contributed by atoms with E-state index in [1.165, 1.54) is 32.4 Å². The van der Waals surface area contributed by atoms with Crippen LogP contribution in [0, 0.1) is 17.6 Å². The highest BCUT2D eigenvalue weighted by Gasteiger charge is 2.25. The molecular formula is C15H20F2O. The molecule has 0 spiro atoms. The SMILES string of the molecule is CCC1CCC(c2ccc(F)c(F)c2OC)CC1. The van der Waals surface area contributed by atoms with Crippen molar-refractivity contribution >= 4 is 0 Å². The van der Waals surface area contributed by atoms with Crippen LogP contribution in [0.4, 0.5) is 8.78 Å². The monoisotopic (exact) mass is 254 g/mol. The second-order valence-corrected chi connectivity index (χ2v) is 5.11. The summed E-state index contributed by atoms with van der Waals surface area (Å²) < 4.78 is 31.9. The molecule has 0 bridgehead atoms. The average Bonchev–Trinajstić information content (AvgIpc) is 2.42. The topological polar surface area (TPSA) is 9.23 Å². The number of hydrogen-bond donors (Lipinski definition) is 0. The molecule has 0 aromatic heterocycles. The molecule has 0 radical (unpaired) electrons. The molecule has 1 aromatic rings. The summed E-state index contributed by atoms with van der Waals surface area (Å²) in [4.78, 5) is 0. The standard InChI is InChI=1S/C15H20F2O/c1-3-10-4-6-11(7-5-10)12-8-9-13(16)14(17)15(12)18-2/h8-11H,3-7H2,1-2H3. The van der Waals surface area contributed by atoms with Gasteiger partial charge in [-0.1, -0.05) is 19.4 Å². The highest BCUT2D eigenvalue weighted by Crippen LogP contribution is 2.41. The van der Waals surface area contributed by atoms with Crippen molar-refractivity contribution < 1.29 is 13.5 Å². The lowest BCUT2D eigenvalue weighted by Crippen LogP contribution is -2.14. The molecule has 0 amide bonds. The Kier molecular flexibility index (Phi) is 4.20. The second-order valence-electron chi connectivity index (χ2n) is 5.11. The summed E-state index contributed by atoms with van der Waals surface area (Å²) in [6.07, 6.45) is 5.63. The van der Waals surface area contributed by atoms with Crippen LogP contribution in [0.5, 0.6) is 5.75 Å². The molecule has 1 aliphatic rings. The predicted molar refractivity (Wildman–Crippen MR) is 67.9 cm³/mol. The maximum Gasteiger partial charge on any atom is 0.200 e. The van der Waals surface area contributed by atoms with E-state index in [0.717, 1.165) is 24.3 Å². The fraction of sp³-hybridized carbons (Fsp3) is 0.600. The average molecular weight is 254 g/mol. The zero-order valence-electron chi connectivity index (χ0n) is 11.0. The zero-order chi connectivity index (χ0) is 13.1. The maximum atomic E-state index is 13.7. The molecular weight excluding hydrogens is 234 g/mol. The fourth-order valence-corrected chi connectivity index (χ4v) is 2.96. The molecule has 1 saturated carbocycles. The third-order valence-electron chi connectivity index (χ3n) is 4.15. The van der Waals surface area contributed by atoms with Crippen molar-refractivity contribution in [3.8, 4) is 5.75 Å². The Morgan fingerprint density at radius 3 is 2.39 bits per heavy atom. The van der Waals surface area contributed by atoms with E-state index in [9.17, 15) is 8.78 Å². The maximum absolute atomic E-state index is 13.7. The van der Waals surface area contributed by atoms with Crippen molar-refractivity contribution in [3.63, 3.8) is 0 Å². The highest BCUT2D eigenvalue weighted by molar-refractivity contribution is 5.38. The third kappa shape index (κ3) is 2.50. The van der Waals surface area contributed by atoms with Gasteiger partial charge in [-0.15, -0.1) is 0 Å². The van der Waals surface area contributed by atoms with Crippen molar-refractivity contribution in [1.29, 1.82) is 0 Å². The van der Waals surface area contributed by atoms with E-state index < -0.39 is 11.6 Å². The smallest absolute Gasteiger partial charge is 0.200 e. The Labute approximate surface area is 107 Å². The van der Waals surface area contributed by atoms with E-state index in [-0.39, 0.29) is 5.75 Å². The largest absolute Gasteiger partial charge is 0.493 e. The molecule has 1 aliphatic carbocycles. The van der Waals surface area contributed by atoms with E-state index in [1.807, 2.05) is 0 Å². The van der Waals surface area contributed by atoms with E-state index >= 15 is 0 Å². The number of methoxy groups -OCH3 is 1. The normalized spacial score (nSPS) is 24.0. The molecule has 3 heteroatoms. The summed E-state index contributed by atoms with van der Waals surface area (Å²) in [5.41, 5.74) is 0.825. The number of hydrogen-bond acceptors (Lipinski definition) is 1. The lowest BCUT2D eigenvalue weighted by atomic mass is 9.77. The van der Waals surface area contributed by atoms with Gasteiger partial charge in [0.25, 0.3) is 0 Å². The van der Waals surface area contributed by atoms with Crippen LogP contribution < -0.4 is 4.74 Å². The minimum Gasteiger partial charge on any atom is -0.493 e. The lowest BCUT2D eigenvalue weighted by Gasteiger charge is -2.29. The van der Waals surface area contributed by atoms with Gasteiger partial charge in [-0.05, 0) is 43.6 Å². The lowest BCUT2D eigenvalue weighted by molar-refractivity contribution is 0.306. The van der Waals surface area contributed by atoms with Gasteiger partial charge in [-0.25, -0.2) is 4.39 Å². The minimum absolute atomic E-state index is 0.0925. The number of halogens is 2. The summed E-state index contributed by atoms with van der Waals surface area (Å²) in [7, 11) is 1.40. The van der Waals surface area contributed by atoms with Gasteiger partial charge in [0.1, 0.15) is 0 Å². The van der Waals surface area contributed by atoms with Crippen LogP contribution in [-0.2, 0) is 0 Å². The van der Waals surface area contributed by atoms with Crippen LogP contribution in [0.2, 0.25) is 0 Å². The highest BCUT2D eigenvalue weighted by atomic mass is 19.2. The van der Waals surface area contributed by atoms with Gasteiger partial charge in [-0.3, -0.25) is 0 Å². The summed E-state index contributed by atoms with van der Waals surface area (Å²) in [5.74, 6) is -0.504. The summed E-state index contributed by atoms with van der Waals surface area (Å²) in [6, 6.07) is 2.88. The van der Waals surface area contributed by atoms with Gasteiger partial charge in [0.05, 0.1) is 7.11 Å². The first-order chi connectivity index (χ1) is 8.67. The molecule has 1 fully saturated rings. The predicted octanol–water partition coefficient (Wildman–Crippen LogP) is 4.66. The van der Waals surface area contributed by atoms with Crippen LogP contribution in [0.25, 0.3) is 0 Å². The van der Waals surface area contributed by atoms with Gasteiger partial charge in [-0.2, -0.15) is 4.39 Å². The first kappa shape index (κ1) is 13.3. The van der Waals surface area contributed by atoms with Crippen LogP contribution in [0.15, 0.2) is 12.1 Å². The Hall–Kier alpha value is -1.12. The molecule has 0 heterocycles. The van der Waals surface area contributed by atoms with Gasteiger partial charge in [0, 0.05) is 5.56 Å². The molecule has 0 atom stereocenters. The zero-order valence-corrected chi connectivity index (χ0v) is 11.0. The Morgan fingerprint density at radius 2 is 1.83 bits per heavy atom. The van der Waals surface area contributed by atoms with E-state index in [4.69, 9.17) is 4.74 Å². The van der Waals surface area contributed by atoms with E-state index in [1.54, 1.807) is 6.07 Å². The van der Waals surface area contributed by atoms with Crippen molar-refractivity contribution in [2.45, 2.75) is 44.9 Å². The molecule has 0 saturated heterocycles. The molecule has 1 nitrogen and oxygen atoms in total. The van der Waals surface area contributed by atoms with Gasteiger partial charge < -0.3 is 4.74 Å². The summed E-state index contributed by atoms with van der Waals surface area (Å²) in [5, 5.41) is 0. The molecule has 2 rings (SSSR count). The molecule has 0 unspecified atom stereocenters. The molecule has 0 N–H and O–H groups in total. The Bertz CT molecular complexity index is 409. The first-order valence-corrected chi connectivity index (χ1v) is 6.69. The van der Waals surface area contributed by atoms with Crippen LogP contribution >= 0.6 is 0 Å². The summed E-state index contributed by atoms with van der Waals surface area (Å²) in [6.45, 7) is 2.21. The molecule has 18 heavy (non-hydrogen) atoms. The van der Waals surface area contributed by atoms with Crippen LogP contribution in [-0.4, -0.2) is 7.11 Å². The van der Waals surface area contributed by atoms with Gasteiger partial charge >= 0.3 is 0 Å². The van der Waals surface area contributed by atoms with Crippen molar-refractivity contribution in [1.82, 2.24) is 0 Å².